The summed E-state index contributed by atoms with van der Waals surface area (Å²) in [6, 6.07) is 0. The summed E-state index contributed by atoms with van der Waals surface area (Å²) in [5, 5.41) is 3.29. The second-order valence-electron chi connectivity index (χ2n) is 3.97. The highest BCUT2D eigenvalue weighted by Crippen LogP contribution is 2.32. The number of thiophene rings is 1. The average Bonchev–Trinajstić information content (AvgIpc) is 2.64. The van der Waals surface area contributed by atoms with Crippen LogP contribution in [0.4, 0.5) is 5.00 Å². The number of methoxy groups -OCH3 is 1. The maximum atomic E-state index is 11.7. The highest BCUT2D eigenvalue weighted by atomic mass is 32.1. The molecule has 5 nitrogen and oxygen atoms in total. The molecule has 0 aliphatic carbocycles. The number of esters is 1. The molecule has 0 spiro atoms. The number of anilines is 1. The van der Waals surface area contributed by atoms with Gasteiger partial charge in [0, 0.05) is 11.5 Å². The van der Waals surface area contributed by atoms with E-state index >= 15 is 0 Å². The zero-order valence-corrected chi connectivity index (χ0v) is 12.5. The minimum atomic E-state index is -0.429. The monoisotopic (exact) mass is 285 g/mol. The molecule has 1 amide bonds. The van der Waals surface area contributed by atoms with E-state index in [1.165, 1.54) is 18.4 Å². The number of nitrogens with one attached hydrogen (secondary N) is 1. The number of carbonyl (C=O) groups excluding carboxylic acids is 2. The Morgan fingerprint density at radius 3 is 2.58 bits per heavy atom. The Hall–Kier alpha value is -1.40. The molecular formula is C13H19NO4S. The van der Waals surface area contributed by atoms with Crippen molar-refractivity contribution in [2.45, 2.75) is 27.2 Å². The van der Waals surface area contributed by atoms with Crippen molar-refractivity contribution in [2.75, 3.05) is 25.6 Å². The molecule has 1 aromatic heterocycles. The van der Waals surface area contributed by atoms with E-state index in [0.717, 1.165) is 10.4 Å². The molecule has 6 heteroatoms. The van der Waals surface area contributed by atoms with Gasteiger partial charge in [-0.2, -0.15) is 0 Å². The Balaban J connectivity index is 2.80. The van der Waals surface area contributed by atoms with E-state index in [9.17, 15) is 9.59 Å². The molecule has 0 unspecified atom stereocenters. The maximum Gasteiger partial charge on any atom is 0.341 e. The fraction of sp³-hybridized carbons (Fsp3) is 0.538. The van der Waals surface area contributed by atoms with Gasteiger partial charge < -0.3 is 14.8 Å². The van der Waals surface area contributed by atoms with Crippen LogP contribution in [0.5, 0.6) is 0 Å². The van der Waals surface area contributed by atoms with E-state index in [1.807, 2.05) is 20.8 Å². The van der Waals surface area contributed by atoms with Gasteiger partial charge in [-0.15, -0.1) is 11.3 Å². The van der Waals surface area contributed by atoms with Crippen molar-refractivity contribution in [2.24, 2.45) is 0 Å². The second-order valence-corrected chi connectivity index (χ2v) is 5.20. The van der Waals surface area contributed by atoms with Gasteiger partial charge in [-0.3, -0.25) is 4.79 Å². The van der Waals surface area contributed by atoms with Crippen LogP contribution < -0.4 is 5.32 Å². The molecular weight excluding hydrogens is 266 g/mol. The Labute approximate surface area is 116 Å². The first-order valence-corrected chi connectivity index (χ1v) is 6.88. The van der Waals surface area contributed by atoms with Gasteiger partial charge in [0.25, 0.3) is 0 Å². The molecule has 1 rings (SSSR count). The molecule has 0 bridgehead atoms. The Kier molecular flexibility index (Phi) is 5.98. The third-order valence-electron chi connectivity index (χ3n) is 2.71. The largest absolute Gasteiger partial charge is 0.465 e. The Bertz CT molecular complexity index is 467. The number of amides is 1. The van der Waals surface area contributed by atoms with Crippen molar-refractivity contribution in [1.29, 1.82) is 0 Å². The SMILES string of the molecule is CCOCCC(=O)Nc1sc(C)c(C)c1C(=O)OC. The zero-order chi connectivity index (χ0) is 14.4. The Morgan fingerprint density at radius 1 is 1.32 bits per heavy atom. The van der Waals surface area contributed by atoms with Crippen LogP contribution in [-0.2, 0) is 14.3 Å². The molecule has 1 N–H and O–H groups in total. The normalized spacial score (nSPS) is 10.3. The molecule has 1 heterocycles. The third-order valence-corrected chi connectivity index (χ3v) is 3.83. The van der Waals surface area contributed by atoms with Crippen molar-refractivity contribution in [3.63, 3.8) is 0 Å². The lowest BCUT2D eigenvalue weighted by atomic mass is 10.1. The topological polar surface area (TPSA) is 64.6 Å². The molecule has 0 fully saturated rings. The van der Waals surface area contributed by atoms with Crippen molar-refractivity contribution < 1.29 is 19.1 Å². The molecule has 0 saturated heterocycles. The van der Waals surface area contributed by atoms with Crippen LogP contribution in [-0.4, -0.2) is 32.2 Å². The molecule has 0 radical (unpaired) electrons. The predicted octanol–water partition coefficient (Wildman–Crippen LogP) is 2.52. The smallest absolute Gasteiger partial charge is 0.341 e. The number of rotatable bonds is 6. The molecule has 19 heavy (non-hydrogen) atoms. The molecule has 0 atom stereocenters. The Morgan fingerprint density at radius 2 is 2.00 bits per heavy atom. The van der Waals surface area contributed by atoms with E-state index < -0.39 is 5.97 Å². The third kappa shape index (κ3) is 4.04. The van der Waals surface area contributed by atoms with Gasteiger partial charge in [-0.1, -0.05) is 0 Å². The van der Waals surface area contributed by atoms with Gasteiger partial charge >= 0.3 is 5.97 Å². The van der Waals surface area contributed by atoms with Crippen LogP contribution >= 0.6 is 11.3 Å². The fourth-order valence-electron chi connectivity index (χ4n) is 1.56. The lowest BCUT2D eigenvalue weighted by Gasteiger charge is -2.06. The van der Waals surface area contributed by atoms with Gasteiger partial charge in [0.15, 0.2) is 0 Å². The quantitative estimate of drug-likeness (QED) is 0.644. The summed E-state index contributed by atoms with van der Waals surface area (Å²) in [5.74, 6) is -0.596. The zero-order valence-electron chi connectivity index (χ0n) is 11.7. The minimum Gasteiger partial charge on any atom is -0.465 e. The van der Waals surface area contributed by atoms with Gasteiger partial charge in [0.2, 0.25) is 5.91 Å². The average molecular weight is 285 g/mol. The van der Waals surface area contributed by atoms with Crippen LogP contribution in [0.25, 0.3) is 0 Å². The second kappa shape index (κ2) is 7.25. The molecule has 0 aliphatic heterocycles. The highest BCUT2D eigenvalue weighted by Gasteiger charge is 2.21. The molecule has 0 aliphatic rings. The summed E-state index contributed by atoms with van der Waals surface area (Å²) in [6.45, 7) is 6.58. The first kappa shape index (κ1) is 15.7. The van der Waals surface area contributed by atoms with Gasteiger partial charge in [-0.05, 0) is 26.3 Å². The number of carbonyl (C=O) groups is 2. The molecule has 0 saturated carbocycles. The van der Waals surface area contributed by atoms with Crippen LogP contribution in [0.2, 0.25) is 0 Å². The van der Waals surface area contributed by atoms with Crippen molar-refractivity contribution in [1.82, 2.24) is 0 Å². The van der Waals surface area contributed by atoms with Crippen LogP contribution in [0.3, 0.4) is 0 Å². The van der Waals surface area contributed by atoms with Crippen LogP contribution in [0.1, 0.15) is 34.1 Å². The summed E-state index contributed by atoms with van der Waals surface area (Å²) >= 11 is 1.38. The molecule has 106 valence electrons. The number of aryl methyl sites for hydroxylation is 1. The summed E-state index contributed by atoms with van der Waals surface area (Å²) in [5.41, 5.74) is 1.28. The van der Waals surface area contributed by atoms with Gasteiger partial charge in [-0.25, -0.2) is 4.79 Å². The number of ether oxygens (including phenoxy) is 2. The minimum absolute atomic E-state index is 0.167. The maximum absolute atomic E-state index is 11.7. The van der Waals surface area contributed by atoms with E-state index in [4.69, 9.17) is 9.47 Å². The van der Waals surface area contributed by atoms with Crippen LogP contribution in [0, 0.1) is 13.8 Å². The molecule has 0 aromatic carbocycles. The summed E-state index contributed by atoms with van der Waals surface area (Å²) in [7, 11) is 1.33. The lowest BCUT2D eigenvalue weighted by molar-refractivity contribution is -0.117. The van der Waals surface area contributed by atoms with E-state index in [-0.39, 0.29) is 12.3 Å². The fourth-order valence-corrected chi connectivity index (χ4v) is 2.63. The van der Waals surface area contributed by atoms with Crippen molar-refractivity contribution in [3.05, 3.63) is 16.0 Å². The first-order chi connectivity index (χ1) is 9.01. The summed E-state index contributed by atoms with van der Waals surface area (Å²) in [4.78, 5) is 24.4. The number of hydrogen-bond acceptors (Lipinski definition) is 5. The standard InChI is InChI=1S/C13H19NO4S/c1-5-18-7-6-10(15)14-12-11(13(16)17-4)8(2)9(3)19-12/h5-7H2,1-4H3,(H,14,15). The van der Waals surface area contributed by atoms with Crippen molar-refractivity contribution >= 4 is 28.2 Å². The van der Waals surface area contributed by atoms with E-state index in [2.05, 4.69) is 5.32 Å². The van der Waals surface area contributed by atoms with Gasteiger partial charge in [0.05, 0.1) is 25.7 Å². The van der Waals surface area contributed by atoms with Crippen LogP contribution in [0.15, 0.2) is 0 Å². The van der Waals surface area contributed by atoms with E-state index in [1.54, 1.807) is 0 Å². The summed E-state index contributed by atoms with van der Waals surface area (Å²) < 4.78 is 9.86. The highest BCUT2D eigenvalue weighted by molar-refractivity contribution is 7.16. The predicted molar refractivity (Wildman–Crippen MR) is 74.9 cm³/mol. The van der Waals surface area contributed by atoms with Gasteiger partial charge in [0.1, 0.15) is 5.00 Å². The lowest BCUT2D eigenvalue weighted by Crippen LogP contribution is -2.15. The van der Waals surface area contributed by atoms with E-state index in [0.29, 0.717) is 23.8 Å². The first-order valence-electron chi connectivity index (χ1n) is 6.07. The van der Waals surface area contributed by atoms with Crippen molar-refractivity contribution in [3.8, 4) is 0 Å². The summed E-state index contributed by atoms with van der Waals surface area (Å²) in [6.07, 6.45) is 0.268. The number of hydrogen-bond donors (Lipinski definition) is 1. The molecule has 1 aromatic rings.